The molecule has 4 rings (SSSR count). The van der Waals surface area contributed by atoms with Gasteiger partial charge in [-0.15, -0.1) is 0 Å². The Kier molecular flexibility index (Phi) is 5.29. The quantitative estimate of drug-likeness (QED) is 0.597. The lowest BCUT2D eigenvalue weighted by Crippen LogP contribution is -2.36. The number of nitrogens with zero attached hydrogens (tertiary/aromatic N) is 3. The molecule has 0 aliphatic carbocycles. The second kappa shape index (κ2) is 7.77. The highest BCUT2D eigenvalue weighted by Crippen LogP contribution is 2.40. The van der Waals surface area contributed by atoms with E-state index in [0.29, 0.717) is 28.7 Å². The van der Waals surface area contributed by atoms with E-state index in [0.717, 1.165) is 16.8 Å². The molecule has 3 aromatic rings. The van der Waals surface area contributed by atoms with E-state index in [9.17, 15) is 18.0 Å². The van der Waals surface area contributed by atoms with Crippen molar-refractivity contribution in [2.75, 3.05) is 38.9 Å². The van der Waals surface area contributed by atoms with Gasteiger partial charge in [-0.3, -0.25) is 9.69 Å². The standard InChI is InChI=1S/C20H18F3N3O3S/c1-25(2)6-7-26(18(27)12-4-3-5-13(8-12)20(21,22)23)19-24-14-9-15-16(29-11-28-15)10-17(14)30-19/h3-5,8-10H,6-7,11H2,1-2H3. The summed E-state index contributed by atoms with van der Waals surface area (Å²) in [6.07, 6.45) is -4.53. The van der Waals surface area contributed by atoms with Crippen LogP contribution in [0.1, 0.15) is 15.9 Å². The van der Waals surface area contributed by atoms with Crippen LogP contribution in [0.4, 0.5) is 18.3 Å². The Balaban J connectivity index is 1.71. The molecule has 0 spiro atoms. The first-order valence-corrected chi connectivity index (χ1v) is 9.88. The molecule has 1 amide bonds. The van der Waals surface area contributed by atoms with Gasteiger partial charge in [0, 0.05) is 30.8 Å². The fourth-order valence-electron chi connectivity index (χ4n) is 2.99. The summed E-state index contributed by atoms with van der Waals surface area (Å²) < 4.78 is 50.8. The zero-order valence-corrected chi connectivity index (χ0v) is 17.0. The number of likely N-dealkylation sites (N-methyl/N-ethyl adjacent to an activating group) is 1. The topological polar surface area (TPSA) is 54.9 Å². The van der Waals surface area contributed by atoms with E-state index in [1.807, 2.05) is 19.0 Å². The van der Waals surface area contributed by atoms with Gasteiger partial charge in [0.25, 0.3) is 5.91 Å². The summed E-state index contributed by atoms with van der Waals surface area (Å²) >= 11 is 1.27. The van der Waals surface area contributed by atoms with Crippen molar-refractivity contribution in [3.05, 3.63) is 47.5 Å². The van der Waals surface area contributed by atoms with Crippen LogP contribution in [0.2, 0.25) is 0 Å². The monoisotopic (exact) mass is 437 g/mol. The zero-order chi connectivity index (χ0) is 21.5. The molecule has 1 aliphatic heterocycles. The Morgan fingerprint density at radius 3 is 2.57 bits per heavy atom. The number of hydrogen-bond donors (Lipinski definition) is 0. The van der Waals surface area contributed by atoms with Crippen LogP contribution in [0.3, 0.4) is 0 Å². The number of halogens is 3. The lowest BCUT2D eigenvalue weighted by molar-refractivity contribution is -0.137. The fraction of sp³-hybridized carbons (Fsp3) is 0.300. The van der Waals surface area contributed by atoms with Crippen LogP contribution >= 0.6 is 11.3 Å². The molecule has 0 bridgehead atoms. The number of amides is 1. The predicted octanol–water partition coefficient (Wildman–Crippen LogP) is 4.25. The molecule has 6 nitrogen and oxygen atoms in total. The largest absolute Gasteiger partial charge is 0.454 e. The number of carbonyl (C=O) groups is 1. The number of aromatic nitrogens is 1. The molecule has 2 heterocycles. The van der Waals surface area contributed by atoms with E-state index >= 15 is 0 Å². The molecule has 0 radical (unpaired) electrons. The van der Waals surface area contributed by atoms with Crippen molar-refractivity contribution in [1.29, 1.82) is 0 Å². The van der Waals surface area contributed by atoms with Gasteiger partial charge in [0.05, 0.1) is 15.8 Å². The van der Waals surface area contributed by atoms with Crippen LogP contribution in [-0.2, 0) is 6.18 Å². The van der Waals surface area contributed by atoms with Crippen LogP contribution < -0.4 is 14.4 Å². The second-order valence-corrected chi connectivity index (χ2v) is 8.02. The molecule has 0 saturated heterocycles. The molecule has 30 heavy (non-hydrogen) atoms. The number of thiazole rings is 1. The minimum absolute atomic E-state index is 0.0444. The number of fused-ring (bicyclic) bond motifs is 2. The third-order valence-corrected chi connectivity index (χ3v) is 5.60. The molecule has 1 aromatic heterocycles. The van der Waals surface area contributed by atoms with Crippen LogP contribution in [0.15, 0.2) is 36.4 Å². The van der Waals surface area contributed by atoms with Gasteiger partial charge < -0.3 is 14.4 Å². The van der Waals surface area contributed by atoms with E-state index in [1.165, 1.54) is 28.4 Å². The number of ether oxygens (including phenoxy) is 2. The van der Waals surface area contributed by atoms with Crippen molar-refractivity contribution in [2.45, 2.75) is 6.18 Å². The molecule has 0 fully saturated rings. The average molecular weight is 437 g/mol. The molecule has 1 aliphatic rings. The number of hydrogen-bond acceptors (Lipinski definition) is 6. The third kappa shape index (κ3) is 4.05. The molecule has 2 aromatic carbocycles. The lowest BCUT2D eigenvalue weighted by atomic mass is 10.1. The second-order valence-electron chi connectivity index (χ2n) is 7.01. The van der Waals surface area contributed by atoms with Gasteiger partial charge in [-0.2, -0.15) is 13.2 Å². The van der Waals surface area contributed by atoms with Gasteiger partial charge >= 0.3 is 6.18 Å². The Morgan fingerprint density at radius 2 is 1.87 bits per heavy atom. The van der Waals surface area contributed by atoms with Crippen LogP contribution in [0, 0.1) is 0 Å². The zero-order valence-electron chi connectivity index (χ0n) is 16.2. The number of carbonyl (C=O) groups excluding carboxylic acids is 1. The molecular weight excluding hydrogens is 419 g/mol. The minimum atomic E-state index is -4.53. The molecule has 0 unspecified atom stereocenters. The Morgan fingerprint density at radius 1 is 1.13 bits per heavy atom. The third-order valence-electron chi connectivity index (χ3n) is 4.56. The van der Waals surface area contributed by atoms with Crippen molar-refractivity contribution >= 4 is 32.6 Å². The van der Waals surface area contributed by atoms with E-state index in [4.69, 9.17) is 9.47 Å². The summed E-state index contributed by atoms with van der Waals surface area (Å²) in [5.41, 5.74) is -0.279. The molecular formula is C20H18F3N3O3S. The van der Waals surface area contributed by atoms with Gasteiger partial charge in [0.15, 0.2) is 16.6 Å². The number of benzene rings is 2. The molecule has 0 N–H and O–H groups in total. The lowest BCUT2D eigenvalue weighted by Gasteiger charge is -2.22. The highest BCUT2D eigenvalue weighted by atomic mass is 32.1. The van der Waals surface area contributed by atoms with E-state index in [1.54, 1.807) is 12.1 Å². The maximum atomic E-state index is 13.2. The van der Waals surface area contributed by atoms with Crippen molar-refractivity contribution in [2.24, 2.45) is 0 Å². The molecule has 10 heteroatoms. The summed E-state index contributed by atoms with van der Waals surface area (Å²) in [5.74, 6) is 0.632. The molecule has 0 saturated carbocycles. The number of rotatable bonds is 5. The highest BCUT2D eigenvalue weighted by molar-refractivity contribution is 7.22. The molecule has 158 valence electrons. The van der Waals surface area contributed by atoms with Gasteiger partial charge in [0.1, 0.15) is 0 Å². The van der Waals surface area contributed by atoms with Gasteiger partial charge in [-0.1, -0.05) is 17.4 Å². The first kappa shape index (κ1) is 20.4. The Labute approximate surface area is 174 Å². The smallest absolute Gasteiger partial charge is 0.416 e. The van der Waals surface area contributed by atoms with Gasteiger partial charge in [-0.05, 0) is 32.3 Å². The van der Waals surface area contributed by atoms with Crippen molar-refractivity contribution < 1.29 is 27.4 Å². The summed E-state index contributed by atoms with van der Waals surface area (Å²) in [4.78, 5) is 21.0. The summed E-state index contributed by atoms with van der Waals surface area (Å²) in [7, 11) is 3.70. The summed E-state index contributed by atoms with van der Waals surface area (Å²) in [6, 6.07) is 7.95. The van der Waals surface area contributed by atoms with E-state index < -0.39 is 17.6 Å². The van der Waals surface area contributed by atoms with Crippen LogP contribution in [0.5, 0.6) is 11.5 Å². The first-order chi connectivity index (χ1) is 14.2. The van der Waals surface area contributed by atoms with E-state index in [-0.39, 0.29) is 18.9 Å². The van der Waals surface area contributed by atoms with Crippen molar-refractivity contribution in [3.8, 4) is 11.5 Å². The SMILES string of the molecule is CN(C)CCN(C(=O)c1cccc(C(F)(F)F)c1)c1nc2cc3c(cc2s1)OCO3. The van der Waals surface area contributed by atoms with Gasteiger partial charge in [0.2, 0.25) is 6.79 Å². The predicted molar refractivity (Wildman–Crippen MR) is 107 cm³/mol. The van der Waals surface area contributed by atoms with E-state index in [2.05, 4.69) is 4.98 Å². The average Bonchev–Trinajstić information content (AvgIpc) is 3.31. The Bertz CT molecular complexity index is 1060. The summed E-state index contributed by atoms with van der Waals surface area (Å²) in [5, 5.41) is 0.401. The van der Waals surface area contributed by atoms with Crippen LogP contribution in [-0.4, -0.2) is 49.8 Å². The van der Waals surface area contributed by atoms with Crippen molar-refractivity contribution in [3.63, 3.8) is 0 Å². The minimum Gasteiger partial charge on any atom is -0.454 e. The molecule has 0 atom stereocenters. The first-order valence-electron chi connectivity index (χ1n) is 9.06. The normalized spacial score (nSPS) is 13.3. The van der Waals surface area contributed by atoms with Crippen LogP contribution in [0.25, 0.3) is 10.2 Å². The number of anilines is 1. The maximum Gasteiger partial charge on any atom is 0.416 e. The van der Waals surface area contributed by atoms with Gasteiger partial charge in [-0.25, -0.2) is 4.98 Å². The fourth-order valence-corrected chi connectivity index (χ4v) is 3.99. The maximum absolute atomic E-state index is 13.2. The Hall–Kier alpha value is -2.85. The number of alkyl halides is 3. The summed E-state index contributed by atoms with van der Waals surface area (Å²) in [6.45, 7) is 0.931. The highest BCUT2D eigenvalue weighted by Gasteiger charge is 2.32. The van der Waals surface area contributed by atoms with Crippen molar-refractivity contribution in [1.82, 2.24) is 9.88 Å².